The number of carbonyl (C=O) groups excluding carboxylic acids is 1. The van der Waals surface area contributed by atoms with Gasteiger partial charge in [-0.3, -0.25) is 0 Å². The molecule has 0 bridgehead atoms. The maximum atomic E-state index is 13.1. The zero-order valence-electron chi connectivity index (χ0n) is 25.8. The first-order valence-corrected chi connectivity index (χ1v) is 17.1. The highest BCUT2D eigenvalue weighted by molar-refractivity contribution is 6.99. The average Bonchev–Trinajstić information content (AvgIpc) is 3.04. The van der Waals surface area contributed by atoms with Gasteiger partial charge in [-0.15, -0.1) is 0 Å². The molecule has 1 N–H and O–H groups in total. The Morgan fingerprint density at radius 2 is 1.27 bits per heavy atom. The van der Waals surface area contributed by atoms with Crippen LogP contribution in [-0.4, -0.2) is 56.5 Å². The van der Waals surface area contributed by atoms with Crippen LogP contribution in [0.4, 0.5) is 0 Å². The topological polar surface area (TPSA) is 74.2 Å². The lowest BCUT2D eigenvalue weighted by Crippen LogP contribution is -2.68. The van der Waals surface area contributed by atoms with E-state index in [4.69, 9.17) is 18.6 Å². The zero-order valence-corrected chi connectivity index (χ0v) is 26.8. The van der Waals surface area contributed by atoms with E-state index < -0.39 is 44.8 Å². The van der Waals surface area contributed by atoms with Crippen molar-refractivity contribution in [1.82, 2.24) is 0 Å². The fraction of sp³-hybridized carbons (Fsp3) is 0.324. The lowest BCUT2D eigenvalue weighted by molar-refractivity contribution is -0.238. The van der Waals surface area contributed by atoms with E-state index in [1.807, 2.05) is 79.7 Å². The number of esters is 1. The van der Waals surface area contributed by atoms with E-state index in [0.29, 0.717) is 5.56 Å². The smallest absolute Gasteiger partial charge is 0.338 e. The predicted octanol–water partition coefficient (Wildman–Crippen LogP) is 5.52. The first-order valence-electron chi connectivity index (χ1n) is 15.2. The van der Waals surface area contributed by atoms with Crippen LogP contribution in [0.25, 0.3) is 0 Å². The number of rotatable bonds is 10. The fourth-order valence-electron chi connectivity index (χ4n) is 6.10. The second-order valence-electron chi connectivity index (χ2n) is 12.3. The van der Waals surface area contributed by atoms with E-state index in [1.54, 1.807) is 24.3 Å². The van der Waals surface area contributed by atoms with Crippen LogP contribution in [0.15, 0.2) is 121 Å². The Labute approximate surface area is 261 Å². The highest BCUT2D eigenvalue weighted by Gasteiger charge is 2.52. The van der Waals surface area contributed by atoms with Crippen LogP contribution in [0.3, 0.4) is 0 Å². The Morgan fingerprint density at radius 1 is 0.773 bits per heavy atom. The van der Waals surface area contributed by atoms with Crippen molar-refractivity contribution in [3.8, 4) is 0 Å². The SMILES string of the molecule is C[C@@H]1OC(CO[Si](c2ccccc2)(c2ccccc2)C(C)(C)C)[C@@H](O)[C@@H](OCc2ccccc2)C1OC(=O)c1ccccc1. The van der Waals surface area contributed by atoms with Crippen LogP contribution in [0.2, 0.25) is 5.04 Å². The first-order chi connectivity index (χ1) is 21.2. The molecule has 1 aliphatic rings. The van der Waals surface area contributed by atoms with E-state index in [1.165, 1.54) is 0 Å². The lowest BCUT2D eigenvalue weighted by Gasteiger charge is -2.46. The van der Waals surface area contributed by atoms with Crippen molar-refractivity contribution >= 4 is 24.7 Å². The molecule has 230 valence electrons. The van der Waals surface area contributed by atoms with Gasteiger partial charge in [0.2, 0.25) is 0 Å². The summed E-state index contributed by atoms with van der Waals surface area (Å²) >= 11 is 0. The summed E-state index contributed by atoms with van der Waals surface area (Å²) in [4.78, 5) is 13.1. The molecule has 1 aliphatic heterocycles. The summed E-state index contributed by atoms with van der Waals surface area (Å²) < 4.78 is 25.8. The third-order valence-electron chi connectivity index (χ3n) is 8.31. The minimum absolute atomic E-state index is 0.142. The monoisotopic (exact) mass is 610 g/mol. The normalized spacial score (nSPS) is 22.3. The van der Waals surface area contributed by atoms with Crippen LogP contribution in [0, 0.1) is 0 Å². The molecule has 0 amide bonds. The number of aliphatic hydroxyl groups is 1. The molecule has 4 aromatic rings. The van der Waals surface area contributed by atoms with Gasteiger partial charge in [0.1, 0.15) is 18.3 Å². The molecule has 0 radical (unpaired) electrons. The Balaban J connectivity index is 1.44. The molecular weight excluding hydrogens is 568 g/mol. The molecule has 0 aromatic heterocycles. The third kappa shape index (κ3) is 6.88. The van der Waals surface area contributed by atoms with Gasteiger partial charge in [-0.1, -0.05) is 130 Å². The molecule has 0 aliphatic carbocycles. The maximum absolute atomic E-state index is 13.1. The molecule has 7 heteroatoms. The fourth-order valence-corrected chi connectivity index (χ4v) is 10.7. The standard InChI is InChI=1S/C37H42O6Si/c1-27-34(43-36(39)29-19-11-6-12-20-29)35(40-25-28-17-9-5-10-18-28)33(38)32(42-27)26-41-44(37(2,3)4,30-21-13-7-14-22-30)31-23-15-8-16-24-31/h5-24,27,32-35,38H,25-26H2,1-4H3/t27-,32?,33+,34?,35+/m0/s1. The minimum Gasteiger partial charge on any atom is -0.453 e. The summed E-state index contributed by atoms with van der Waals surface area (Å²) in [6.45, 7) is 8.88. The summed E-state index contributed by atoms with van der Waals surface area (Å²) in [5.74, 6) is -0.492. The van der Waals surface area contributed by atoms with Crippen molar-refractivity contribution in [3.63, 3.8) is 0 Å². The number of ether oxygens (including phenoxy) is 3. The van der Waals surface area contributed by atoms with Crippen molar-refractivity contribution in [2.45, 2.75) is 69.9 Å². The summed E-state index contributed by atoms with van der Waals surface area (Å²) in [5, 5.41) is 13.9. The number of aliphatic hydroxyl groups excluding tert-OH is 1. The molecular formula is C37H42O6Si. The van der Waals surface area contributed by atoms with Gasteiger partial charge in [-0.25, -0.2) is 4.79 Å². The van der Waals surface area contributed by atoms with Crippen LogP contribution in [0.5, 0.6) is 0 Å². The minimum atomic E-state index is -2.88. The highest BCUT2D eigenvalue weighted by Crippen LogP contribution is 2.38. The van der Waals surface area contributed by atoms with Gasteiger partial charge < -0.3 is 23.7 Å². The predicted molar refractivity (Wildman–Crippen MR) is 175 cm³/mol. The molecule has 5 atom stereocenters. The quantitative estimate of drug-likeness (QED) is 0.188. The van der Waals surface area contributed by atoms with Crippen molar-refractivity contribution in [3.05, 3.63) is 132 Å². The Morgan fingerprint density at radius 3 is 1.80 bits per heavy atom. The van der Waals surface area contributed by atoms with Gasteiger partial charge >= 0.3 is 5.97 Å². The number of hydrogen-bond donors (Lipinski definition) is 1. The van der Waals surface area contributed by atoms with Gasteiger partial charge in [0, 0.05) is 0 Å². The molecule has 1 saturated heterocycles. The number of carbonyl (C=O) groups is 1. The van der Waals surface area contributed by atoms with Crippen molar-refractivity contribution in [1.29, 1.82) is 0 Å². The second-order valence-corrected chi connectivity index (χ2v) is 16.6. The molecule has 2 unspecified atom stereocenters. The lowest BCUT2D eigenvalue weighted by atomic mass is 9.95. The molecule has 0 saturated carbocycles. The van der Waals surface area contributed by atoms with Crippen LogP contribution in [-0.2, 0) is 25.2 Å². The highest BCUT2D eigenvalue weighted by atomic mass is 28.4. The second kappa shape index (κ2) is 14.0. The van der Waals surface area contributed by atoms with Crippen molar-refractivity contribution in [2.75, 3.05) is 6.61 Å². The molecule has 6 nitrogen and oxygen atoms in total. The number of hydrogen-bond acceptors (Lipinski definition) is 6. The van der Waals surface area contributed by atoms with Gasteiger partial charge in [-0.05, 0) is 40.0 Å². The molecule has 1 fully saturated rings. The maximum Gasteiger partial charge on any atom is 0.338 e. The summed E-state index contributed by atoms with van der Waals surface area (Å²) in [6, 6.07) is 39.3. The van der Waals surface area contributed by atoms with E-state index >= 15 is 0 Å². The van der Waals surface area contributed by atoms with Gasteiger partial charge in [0.25, 0.3) is 8.32 Å². The Bertz CT molecular complexity index is 1420. The Hall–Kier alpha value is -3.59. The summed E-state index contributed by atoms with van der Waals surface area (Å²) in [5.41, 5.74) is 1.38. The average molecular weight is 611 g/mol. The molecule has 5 rings (SSSR count). The summed E-state index contributed by atoms with van der Waals surface area (Å²) in [7, 11) is -2.88. The van der Waals surface area contributed by atoms with Gasteiger partial charge in [0.05, 0.1) is 24.9 Å². The third-order valence-corrected chi connectivity index (χ3v) is 13.3. The van der Waals surface area contributed by atoms with E-state index in [9.17, 15) is 9.90 Å². The summed E-state index contributed by atoms with van der Waals surface area (Å²) in [6.07, 6.45) is -4.04. The van der Waals surface area contributed by atoms with E-state index in [0.717, 1.165) is 15.9 Å². The zero-order chi connectivity index (χ0) is 31.2. The van der Waals surface area contributed by atoms with E-state index in [-0.39, 0.29) is 18.3 Å². The molecule has 1 heterocycles. The van der Waals surface area contributed by atoms with Crippen LogP contribution in [0.1, 0.15) is 43.6 Å². The van der Waals surface area contributed by atoms with E-state index in [2.05, 4.69) is 45.0 Å². The molecule has 0 spiro atoms. The van der Waals surface area contributed by atoms with Gasteiger partial charge in [-0.2, -0.15) is 0 Å². The number of benzene rings is 4. The van der Waals surface area contributed by atoms with Crippen molar-refractivity contribution in [2.24, 2.45) is 0 Å². The van der Waals surface area contributed by atoms with Crippen LogP contribution >= 0.6 is 0 Å². The Kier molecular flexibility index (Phi) is 10.1. The van der Waals surface area contributed by atoms with Crippen molar-refractivity contribution < 1.29 is 28.5 Å². The first kappa shape index (κ1) is 31.8. The van der Waals surface area contributed by atoms with Gasteiger partial charge in [0.15, 0.2) is 6.10 Å². The molecule has 4 aromatic carbocycles. The largest absolute Gasteiger partial charge is 0.453 e. The van der Waals surface area contributed by atoms with Crippen LogP contribution < -0.4 is 10.4 Å². The molecule has 44 heavy (non-hydrogen) atoms.